The van der Waals surface area contributed by atoms with E-state index in [1.165, 1.54) is 19.3 Å². The Morgan fingerprint density at radius 1 is 1.16 bits per heavy atom. The van der Waals surface area contributed by atoms with Gasteiger partial charge in [-0.2, -0.15) is 0 Å². The van der Waals surface area contributed by atoms with Crippen LogP contribution in [0.1, 0.15) is 58.8 Å². The fraction of sp³-hybridized carbons (Fsp3) is 0.867. The van der Waals surface area contributed by atoms with Gasteiger partial charge in [0.2, 0.25) is 11.8 Å². The number of nitrogens with one attached hydrogen (secondary N) is 1. The summed E-state index contributed by atoms with van der Waals surface area (Å²) in [5.74, 6) is 0.529. The van der Waals surface area contributed by atoms with Crippen molar-refractivity contribution in [1.29, 1.82) is 0 Å². The molecule has 0 aromatic heterocycles. The van der Waals surface area contributed by atoms with Crippen molar-refractivity contribution in [3.05, 3.63) is 0 Å². The van der Waals surface area contributed by atoms with Gasteiger partial charge in [-0.1, -0.05) is 33.1 Å². The summed E-state index contributed by atoms with van der Waals surface area (Å²) in [6, 6.07) is -0.00285. The molecule has 2 rings (SSSR count). The molecule has 0 spiro atoms. The molecule has 1 saturated carbocycles. The minimum absolute atomic E-state index is 0.0680. The summed E-state index contributed by atoms with van der Waals surface area (Å²) in [7, 11) is 0. The fourth-order valence-corrected chi connectivity index (χ4v) is 3.64. The zero-order valence-electron chi connectivity index (χ0n) is 12.2. The molecule has 0 radical (unpaired) electrons. The number of amides is 2. The van der Waals surface area contributed by atoms with Crippen LogP contribution in [0.3, 0.4) is 0 Å². The number of nitrogens with zero attached hydrogens (tertiary/aromatic N) is 1. The normalized spacial score (nSPS) is 25.8. The minimum atomic E-state index is -0.216. The van der Waals surface area contributed by atoms with Crippen molar-refractivity contribution in [3.8, 4) is 0 Å². The van der Waals surface area contributed by atoms with Crippen LogP contribution in [-0.4, -0.2) is 35.3 Å². The quantitative estimate of drug-likeness (QED) is 0.847. The first-order valence-electron chi connectivity index (χ1n) is 7.77. The van der Waals surface area contributed by atoms with Gasteiger partial charge in [-0.3, -0.25) is 9.59 Å². The first-order valence-corrected chi connectivity index (χ1v) is 7.77. The summed E-state index contributed by atoms with van der Waals surface area (Å²) in [6.45, 7) is 4.39. The largest absolute Gasteiger partial charge is 0.345 e. The summed E-state index contributed by atoms with van der Waals surface area (Å²) in [6.07, 6.45) is 7.68. The zero-order valence-corrected chi connectivity index (χ0v) is 12.2. The van der Waals surface area contributed by atoms with Gasteiger partial charge in [0.25, 0.3) is 0 Å². The average molecular weight is 266 g/mol. The third kappa shape index (κ3) is 2.93. The second-order valence-electron chi connectivity index (χ2n) is 5.83. The molecule has 1 atom stereocenters. The van der Waals surface area contributed by atoms with Crippen LogP contribution in [0.4, 0.5) is 0 Å². The van der Waals surface area contributed by atoms with E-state index in [-0.39, 0.29) is 30.4 Å². The van der Waals surface area contributed by atoms with E-state index in [9.17, 15) is 9.59 Å². The van der Waals surface area contributed by atoms with E-state index >= 15 is 0 Å². The molecular formula is C15H26N2O2. The van der Waals surface area contributed by atoms with Crippen LogP contribution in [0.25, 0.3) is 0 Å². The molecule has 0 aromatic rings. The van der Waals surface area contributed by atoms with Crippen LogP contribution in [0, 0.1) is 5.92 Å². The molecule has 2 aliphatic rings. The molecule has 2 amide bonds. The van der Waals surface area contributed by atoms with E-state index in [1.54, 1.807) is 0 Å². The monoisotopic (exact) mass is 266 g/mol. The van der Waals surface area contributed by atoms with Crippen molar-refractivity contribution < 1.29 is 9.59 Å². The zero-order chi connectivity index (χ0) is 13.8. The van der Waals surface area contributed by atoms with Crippen molar-refractivity contribution in [2.24, 2.45) is 5.92 Å². The lowest BCUT2D eigenvalue weighted by molar-refractivity contribution is -0.151. The van der Waals surface area contributed by atoms with E-state index in [0.717, 1.165) is 25.7 Å². The highest BCUT2D eigenvalue weighted by Crippen LogP contribution is 2.32. The molecule has 1 N–H and O–H groups in total. The predicted octanol–water partition coefficient (Wildman–Crippen LogP) is 2.08. The van der Waals surface area contributed by atoms with Gasteiger partial charge in [0.05, 0.1) is 6.54 Å². The second-order valence-corrected chi connectivity index (χ2v) is 5.83. The van der Waals surface area contributed by atoms with Crippen molar-refractivity contribution in [2.75, 3.05) is 6.54 Å². The van der Waals surface area contributed by atoms with E-state index in [4.69, 9.17) is 0 Å². The highest BCUT2D eigenvalue weighted by molar-refractivity contribution is 5.95. The van der Waals surface area contributed by atoms with Gasteiger partial charge in [-0.05, 0) is 31.6 Å². The third-order valence-corrected chi connectivity index (χ3v) is 4.70. The van der Waals surface area contributed by atoms with Gasteiger partial charge in [0.1, 0.15) is 6.04 Å². The maximum Gasteiger partial charge on any atom is 0.243 e. The minimum Gasteiger partial charge on any atom is -0.345 e. The molecule has 19 heavy (non-hydrogen) atoms. The van der Waals surface area contributed by atoms with Gasteiger partial charge in [0.15, 0.2) is 0 Å². The molecule has 0 aromatic carbocycles. The maximum atomic E-state index is 12.3. The molecule has 1 saturated heterocycles. The van der Waals surface area contributed by atoms with Crippen molar-refractivity contribution in [2.45, 2.75) is 70.9 Å². The second kappa shape index (κ2) is 6.40. The predicted molar refractivity (Wildman–Crippen MR) is 74.6 cm³/mol. The van der Waals surface area contributed by atoms with E-state index in [2.05, 4.69) is 19.2 Å². The number of carbonyl (C=O) groups excluding carboxylic acids is 2. The Hall–Kier alpha value is -1.06. The Bertz CT molecular complexity index is 333. The molecule has 4 nitrogen and oxygen atoms in total. The summed E-state index contributed by atoms with van der Waals surface area (Å²) in [5.41, 5.74) is 0. The first kappa shape index (κ1) is 14.4. The van der Waals surface area contributed by atoms with Gasteiger partial charge in [-0.25, -0.2) is 0 Å². The standard InChI is InChI=1S/C15H26N2O2/c1-3-12(4-2)17-13(18)10-16-15(19)14(17)11-8-6-5-7-9-11/h11-12,14H,3-10H2,1-2H3,(H,16,19). The Labute approximate surface area is 115 Å². The molecule has 1 heterocycles. The molecular weight excluding hydrogens is 240 g/mol. The van der Waals surface area contributed by atoms with Gasteiger partial charge >= 0.3 is 0 Å². The summed E-state index contributed by atoms with van der Waals surface area (Å²) >= 11 is 0. The van der Waals surface area contributed by atoms with Crippen LogP contribution in [0.2, 0.25) is 0 Å². The first-order chi connectivity index (χ1) is 9.19. The molecule has 1 aliphatic heterocycles. The van der Waals surface area contributed by atoms with Crippen LogP contribution in [0.15, 0.2) is 0 Å². The molecule has 108 valence electrons. The van der Waals surface area contributed by atoms with Crippen LogP contribution in [-0.2, 0) is 9.59 Å². The van der Waals surface area contributed by atoms with Crippen molar-refractivity contribution in [1.82, 2.24) is 10.2 Å². The maximum absolute atomic E-state index is 12.3. The Morgan fingerprint density at radius 2 is 1.79 bits per heavy atom. The van der Waals surface area contributed by atoms with Gasteiger partial charge in [-0.15, -0.1) is 0 Å². The highest BCUT2D eigenvalue weighted by atomic mass is 16.2. The Morgan fingerprint density at radius 3 is 2.37 bits per heavy atom. The summed E-state index contributed by atoms with van der Waals surface area (Å²) in [5, 5.41) is 2.78. The highest BCUT2D eigenvalue weighted by Gasteiger charge is 2.42. The Kier molecular flexibility index (Phi) is 4.83. The number of carbonyl (C=O) groups is 2. The van der Waals surface area contributed by atoms with E-state index in [1.807, 2.05) is 4.90 Å². The fourth-order valence-electron chi connectivity index (χ4n) is 3.64. The van der Waals surface area contributed by atoms with Crippen LogP contribution in [0.5, 0.6) is 0 Å². The third-order valence-electron chi connectivity index (χ3n) is 4.70. The molecule has 1 aliphatic carbocycles. The number of hydrogen-bond acceptors (Lipinski definition) is 2. The van der Waals surface area contributed by atoms with Crippen LogP contribution < -0.4 is 5.32 Å². The number of piperazine rings is 1. The smallest absolute Gasteiger partial charge is 0.243 e. The lowest BCUT2D eigenvalue weighted by atomic mass is 9.81. The molecule has 1 unspecified atom stereocenters. The van der Waals surface area contributed by atoms with Gasteiger partial charge in [0, 0.05) is 6.04 Å². The van der Waals surface area contributed by atoms with E-state index < -0.39 is 0 Å². The lowest BCUT2D eigenvalue weighted by Gasteiger charge is -2.44. The van der Waals surface area contributed by atoms with Gasteiger partial charge < -0.3 is 10.2 Å². The topological polar surface area (TPSA) is 49.4 Å². The molecule has 2 fully saturated rings. The lowest BCUT2D eigenvalue weighted by Crippen LogP contribution is -2.63. The average Bonchev–Trinajstić information content (AvgIpc) is 2.45. The Balaban J connectivity index is 2.21. The van der Waals surface area contributed by atoms with E-state index in [0.29, 0.717) is 5.92 Å². The SMILES string of the molecule is CCC(CC)N1C(=O)CNC(=O)C1C1CCCCC1. The van der Waals surface area contributed by atoms with Crippen LogP contribution >= 0.6 is 0 Å². The number of hydrogen-bond donors (Lipinski definition) is 1. The van der Waals surface area contributed by atoms with Crippen molar-refractivity contribution >= 4 is 11.8 Å². The number of rotatable bonds is 4. The molecule has 0 bridgehead atoms. The summed E-state index contributed by atoms with van der Waals surface area (Å²) in [4.78, 5) is 26.5. The summed E-state index contributed by atoms with van der Waals surface area (Å²) < 4.78 is 0. The van der Waals surface area contributed by atoms with Crippen molar-refractivity contribution in [3.63, 3.8) is 0 Å². The molecule has 4 heteroatoms.